The standard InChI is InChI=1S/C10H12ClN5O3.C5H4N4S/c11-10(1-5(18)6(2-17)19-10)16-4-15-7-8(12)13-3-14-9(7)16;10-5-3-4(7-1-6-3)8-2-9-5/h3-6,17-18H,1-2H2,(H2,12,13,14);1-2H,(H2,6,7,8,9,10)/t5-,6+,10-;/m0./s1. The molecule has 1 fully saturated rings. The minimum atomic E-state index is -1.34. The highest BCUT2D eigenvalue weighted by atomic mass is 35.5. The number of alkyl halides is 1. The minimum absolute atomic E-state index is 0.106. The number of aliphatic hydroxyl groups excluding tert-OH is 2. The highest BCUT2D eigenvalue weighted by Crippen LogP contribution is 2.40. The van der Waals surface area contributed by atoms with E-state index in [1.807, 2.05) is 0 Å². The van der Waals surface area contributed by atoms with Gasteiger partial charge in [0, 0.05) is 6.42 Å². The van der Waals surface area contributed by atoms with Gasteiger partial charge in [0.15, 0.2) is 21.8 Å². The summed E-state index contributed by atoms with van der Waals surface area (Å²) in [5.41, 5.74) is 8.05. The number of rotatable bonds is 2. The Balaban J connectivity index is 0.000000171. The van der Waals surface area contributed by atoms with E-state index in [9.17, 15) is 5.11 Å². The van der Waals surface area contributed by atoms with Gasteiger partial charge in [-0.05, 0) is 0 Å². The van der Waals surface area contributed by atoms with Gasteiger partial charge in [0.25, 0.3) is 0 Å². The van der Waals surface area contributed by atoms with Gasteiger partial charge in [-0.2, -0.15) is 0 Å². The van der Waals surface area contributed by atoms with Crippen molar-refractivity contribution in [3.63, 3.8) is 0 Å². The Labute approximate surface area is 172 Å². The van der Waals surface area contributed by atoms with Crippen LogP contribution in [0.1, 0.15) is 6.42 Å². The third-order valence-corrected chi connectivity index (χ3v) is 5.09. The number of halogens is 1. The Kier molecular flexibility index (Phi) is 5.14. The second-order valence-corrected chi connectivity index (χ2v) is 7.16. The maximum atomic E-state index is 9.79. The maximum Gasteiger partial charge on any atom is 0.228 e. The highest BCUT2D eigenvalue weighted by molar-refractivity contribution is 7.71. The molecular weight excluding hydrogens is 422 g/mol. The van der Waals surface area contributed by atoms with E-state index in [1.54, 1.807) is 6.33 Å². The Morgan fingerprint density at radius 1 is 1.28 bits per heavy atom. The molecular formula is C15H16ClN9O3S. The summed E-state index contributed by atoms with van der Waals surface area (Å²) in [7, 11) is 0. The lowest BCUT2D eigenvalue weighted by atomic mass is 10.2. The number of nitrogen functional groups attached to an aromatic ring is 1. The number of nitrogens with one attached hydrogen (secondary N) is 2. The number of nitrogens with two attached hydrogens (primary N) is 1. The molecule has 3 atom stereocenters. The van der Waals surface area contributed by atoms with Crippen LogP contribution in [-0.2, 0) is 9.92 Å². The number of hydrogen-bond acceptors (Lipinski definition) is 10. The van der Waals surface area contributed by atoms with E-state index in [1.165, 1.54) is 23.5 Å². The van der Waals surface area contributed by atoms with Crippen molar-refractivity contribution in [3.05, 3.63) is 29.9 Å². The predicted octanol–water partition coefficient (Wildman–Crippen LogP) is 0.415. The van der Waals surface area contributed by atoms with Gasteiger partial charge in [-0.25, -0.2) is 24.9 Å². The van der Waals surface area contributed by atoms with Crippen LogP contribution < -0.4 is 5.73 Å². The van der Waals surface area contributed by atoms with Gasteiger partial charge in [-0.15, -0.1) is 0 Å². The summed E-state index contributed by atoms with van der Waals surface area (Å²) in [5, 5.41) is 17.6. The minimum Gasteiger partial charge on any atom is -0.394 e. The molecule has 4 aromatic heterocycles. The van der Waals surface area contributed by atoms with Crippen LogP contribution in [0.15, 0.2) is 25.3 Å². The van der Waals surface area contributed by atoms with Crippen LogP contribution in [0, 0.1) is 4.64 Å². The van der Waals surface area contributed by atoms with E-state index in [0.717, 1.165) is 11.2 Å². The first-order valence-electron chi connectivity index (χ1n) is 8.39. The number of aromatic nitrogens is 8. The fourth-order valence-electron chi connectivity index (χ4n) is 2.94. The third kappa shape index (κ3) is 3.54. The van der Waals surface area contributed by atoms with E-state index in [4.69, 9.17) is 39.4 Å². The molecule has 12 nitrogen and oxygen atoms in total. The van der Waals surface area contributed by atoms with Crippen molar-refractivity contribution in [2.75, 3.05) is 12.3 Å². The normalized spacial score (nSPS) is 24.0. The zero-order valence-electron chi connectivity index (χ0n) is 14.7. The van der Waals surface area contributed by atoms with Crippen LogP contribution in [0.25, 0.3) is 22.3 Å². The molecule has 0 spiro atoms. The Hall–Kier alpha value is -2.71. The number of aliphatic hydroxyl groups is 2. The van der Waals surface area contributed by atoms with E-state index in [2.05, 4.69) is 34.9 Å². The monoisotopic (exact) mass is 437 g/mol. The van der Waals surface area contributed by atoms with Crippen molar-refractivity contribution in [1.82, 2.24) is 39.5 Å². The number of imidazole rings is 2. The SMILES string of the molecule is Nc1ncnc2c1ncn2[C@@]1(Cl)C[C@H](O)[C@@H](CO)O1.S=c1nc[nH]c2nc[nH]c12. The zero-order chi connectivity index (χ0) is 20.6. The molecule has 0 radical (unpaired) electrons. The van der Waals surface area contributed by atoms with Crippen molar-refractivity contribution in [2.24, 2.45) is 0 Å². The molecule has 1 aliphatic heterocycles. The third-order valence-electron chi connectivity index (χ3n) is 4.36. The average molecular weight is 438 g/mol. The summed E-state index contributed by atoms with van der Waals surface area (Å²) in [4.78, 5) is 25.5. The average Bonchev–Trinajstić information content (AvgIpc) is 3.40. The second kappa shape index (κ2) is 7.61. The van der Waals surface area contributed by atoms with Gasteiger partial charge in [-0.3, -0.25) is 4.57 Å². The highest BCUT2D eigenvalue weighted by Gasteiger charge is 2.47. The predicted molar refractivity (Wildman–Crippen MR) is 105 cm³/mol. The smallest absolute Gasteiger partial charge is 0.228 e. The van der Waals surface area contributed by atoms with Crippen LogP contribution in [0.5, 0.6) is 0 Å². The van der Waals surface area contributed by atoms with Crippen molar-refractivity contribution >= 4 is 52.0 Å². The lowest BCUT2D eigenvalue weighted by molar-refractivity contribution is -0.0658. The molecule has 6 N–H and O–H groups in total. The van der Waals surface area contributed by atoms with Crippen molar-refractivity contribution in [3.8, 4) is 0 Å². The fraction of sp³-hybridized carbons (Fsp3) is 0.333. The summed E-state index contributed by atoms with van der Waals surface area (Å²) >= 11 is 11.3. The number of fused-ring (bicyclic) bond motifs is 2. The Morgan fingerprint density at radius 2 is 2.07 bits per heavy atom. The van der Waals surface area contributed by atoms with E-state index in [0.29, 0.717) is 15.8 Å². The summed E-state index contributed by atoms with van der Waals surface area (Å²) in [6.45, 7) is -0.320. The lowest BCUT2D eigenvalue weighted by Gasteiger charge is -2.23. The summed E-state index contributed by atoms with van der Waals surface area (Å²) < 4.78 is 7.51. The van der Waals surface area contributed by atoms with Gasteiger partial charge >= 0.3 is 0 Å². The number of ether oxygens (including phenoxy) is 1. The van der Waals surface area contributed by atoms with E-state index in [-0.39, 0.29) is 18.8 Å². The summed E-state index contributed by atoms with van der Waals surface area (Å²) in [6, 6.07) is 0. The fourth-order valence-corrected chi connectivity index (χ4v) is 3.55. The van der Waals surface area contributed by atoms with Gasteiger partial charge < -0.3 is 30.7 Å². The zero-order valence-corrected chi connectivity index (χ0v) is 16.3. The molecule has 4 aromatic rings. The molecule has 0 saturated carbocycles. The first-order chi connectivity index (χ1) is 13.9. The lowest BCUT2D eigenvalue weighted by Crippen LogP contribution is -2.28. The van der Waals surface area contributed by atoms with Crippen molar-refractivity contribution < 1.29 is 14.9 Å². The molecule has 0 bridgehead atoms. The number of hydrogen-bond donors (Lipinski definition) is 5. The molecule has 0 aliphatic carbocycles. The van der Waals surface area contributed by atoms with Gasteiger partial charge in [0.1, 0.15) is 29.8 Å². The molecule has 0 unspecified atom stereocenters. The van der Waals surface area contributed by atoms with Gasteiger partial charge in [-0.1, -0.05) is 23.8 Å². The molecule has 5 rings (SSSR count). The Bertz CT molecular complexity index is 1210. The quantitative estimate of drug-likeness (QED) is 0.218. The van der Waals surface area contributed by atoms with Crippen LogP contribution in [-0.4, -0.2) is 68.5 Å². The Morgan fingerprint density at radius 3 is 2.79 bits per heavy atom. The molecule has 0 aromatic carbocycles. The summed E-state index contributed by atoms with van der Waals surface area (Å²) in [6.07, 6.45) is 4.34. The molecule has 29 heavy (non-hydrogen) atoms. The number of nitrogens with zero attached hydrogens (tertiary/aromatic N) is 6. The summed E-state index contributed by atoms with van der Waals surface area (Å²) in [5.74, 6) is 0.237. The van der Waals surface area contributed by atoms with Gasteiger partial charge in [0.2, 0.25) is 5.18 Å². The van der Waals surface area contributed by atoms with Crippen LogP contribution >= 0.6 is 23.8 Å². The topological polar surface area (TPSA) is 177 Å². The first kappa shape index (κ1) is 19.6. The number of aromatic amines is 2. The molecule has 5 heterocycles. The van der Waals surface area contributed by atoms with Gasteiger partial charge in [0.05, 0.1) is 25.4 Å². The first-order valence-corrected chi connectivity index (χ1v) is 9.18. The van der Waals surface area contributed by atoms with E-state index >= 15 is 0 Å². The van der Waals surface area contributed by atoms with Crippen molar-refractivity contribution in [1.29, 1.82) is 0 Å². The van der Waals surface area contributed by atoms with E-state index < -0.39 is 17.4 Å². The molecule has 14 heteroatoms. The second-order valence-electron chi connectivity index (χ2n) is 6.18. The van der Waals surface area contributed by atoms with Crippen LogP contribution in [0.2, 0.25) is 0 Å². The number of H-pyrrole nitrogens is 2. The number of anilines is 1. The largest absolute Gasteiger partial charge is 0.394 e. The van der Waals surface area contributed by atoms with Crippen molar-refractivity contribution in [2.45, 2.75) is 23.8 Å². The molecule has 1 saturated heterocycles. The van der Waals surface area contributed by atoms with Crippen LogP contribution in [0.4, 0.5) is 5.82 Å². The molecule has 1 aliphatic rings. The maximum absolute atomic E-state index is 9.79. The van der Waals surface area contributed by atoms with Crippen LogP contribution in [0.3, 0.4) is 0 Å². The molecule has 0 amide bonds. The molecule has 152 valence electrons.